The molecule has 0 radical (unpaired) electrons. The highest BCUT2D eigenvalue weighted by atomic mass is 35.5. The van der Waals surface area contributed by atoms with Crippen molar-refractivity contribution in [2.45, 2.75) is 0 Å². The SMILES string of the molecule is COc1ccc(-c2nc(N)n(C(=O)c3cccc(Cl)c3)n2)cc1. The normalized spacial score (nSPS) is 10.5. The maximum absolute atomic E-state index is 12.5. The van der Waals surface area contributed by atoms with E-state index >= 15 is 0 Å². The van der Waals surface area contributed by atoms with E-state index < -0.39 is 5.91 Å². The predicted molar refractivity (Wildman–Crippen MR) is 87.6 cm³/mol. The van der Waals surface area contributed by atoms with Gasteiger partial charge in [-0.3, -0.25) is 4.79 Å². The zero-order valence-electron chi connectivity index (χ0n) is 12.2. The van der Waals surface area contributed by atoms with Crippen molar-refractivity contribution in [3.63, 3.8) is 0 Å². The second kappa shape index (κ2) is 6.10. The van der Waals surface area contributed by atoms with Crippen LogP contribution in [0.15, 0.2) is 48.5 Å². The third-order valence-corrected chi connectivity index (χ3v) is 3.48. The van der Waals surface area contributed by atoms with Crippen LogP contribution in [0.5, 0.6) is 5.75 Å². The lowest BCUT2D eigenvalue weighted by atomic mass is 10.2. The van der Waals surface area contributed by atoms with E-state index in [2.05, 4.69) is 10.1 Å². The number of hydrogen-bond donors (Lipinski definition) is 1. The summed E-state index contributed by atoms with van der Waals surface area (Å²) in [6.45, 7) is 0. The molecule has 0 unspecified atom stereocenters. The number of nitrogens with zero attached hydrogens (tertiary/aromatic N) is 3. The van der Waals surface area contributed by atoms with Crippen LogP contribution in [0, 0.1) is 0 Å². The van der Waals surface area contributed by atoms with Crippen LogP contribution in [0.3, 0.4) is 0 Å². The third kappa shape index (κ3) is 3.02. The molecule has 0 spiro atoms. The zero-order valence-corrected chi connectivity index (χ0v) is 13.0. The van der Waals surface area contributed by atoms with Crippen LogP contribution in [0.1, 0.15) is 10.4 Å². The van der Waals surface area contributed by atoms with Crippen LogP contribution < -0.4 is 10.5 Å². The molecule has 6 nitrogen and oxygen atoms in total. The summed E-state index contributed by atoms with van der Waals surface area (Å²) in [5, 5.41) is 4.65. The highest BCUT2D eigenvalue weighted by Gasteiger charge is 2.17. The first kappa shape index (κ1) is 15.1. The number of halogens is 1. The molecule has 0 bridgehead atoms. The number of carbonyl (C=O) groups excluding carboxylic acids is 1. The van der Waals surface area contributed by atoms with Crippen molar-refractivity contribution in [2.75, 3.05) is 12.8 Å². The van der Waals surface area contributed by atoms with Crippen LogP contribution in [-0.2, 0) is 0 Å². The van der Waals surface area contributed by atoms with E-state index in [1.165, 1.54) is 0 Å². The lowest BCUT2D eigenvalue weighted by Crippen LogP contribution is -2.16. The number of nitrogens with two attached hydrogens (primary N) is 1. The number of nitrogen functional groups attached to an aromatic ring is 1. The van der Waals surface area contributed by atoms with Gasteiger partial charge in [0.05, 0.1) is 7.11 Å². The summed E-state index contributed by atoms with van der Waals surface area (Å²) >= 11 is 5.91. The molecule has 3 aromatic rings. The molecule has 3 rings (SSSR count). The molecule has 2 N–H and O–H groups in total. The van der Waals surface area contributed by atoms with Crippen LogP contribution in [0.2, 0.25) is 5.02 Å². The molecule has 7 heteroatoms. The summed E-state index contributed by atoms with van der Waals surface area (Å²) in [6.07, 6.45) is 0. The molecular formula is C16H13ClN4O2. The van der Waals surface area contributed by atoms with Gasteiger partial charge in [-0.15, -0.1) is 5.10 Å². The van der Waals surface area contributed by atoms with Crippen molar-refractivity contribution in [1.29, 1.82) is 0 Å². The molecule has 0 aliphatic carbocycles. The molecule has 0 aliphatic heterocycles. The van der Waals surface area contributed by atoms with Gasteiger partial charge in [-0.05, 0) is 42.5 Å². The smallest absolute Gasteiger partial charge is 0.281 e. The summed E-state index contributed by atoms with van der Waals surface area (Å²) in [4.78, 5) is 16.6. The standard InChI is InChI=1S/C16H13ClN4O2/c1-23-13-7-5-10(6-8-13)14-19-16(18)21(20-14)15(22)11-3-2-4-12(17)9-11/h2-9H,1H3,(H2,18,19,20). The largest absolute Gasteiger partial charge is 0.497 e. The fourth-order valence-electron chi connectivity index (χ4n) is 2.08. The lowest BCUT2D eigenvalue weighted by molar-refractivity contribution is 0.0948. The number of aromatic nitrogens is 3. The fraction of sp³-hybridized carbons (Fsp3) is 0.0625. The number of ether oxygens (including phenoxy) is 1. The Labute approximate surface area is 137 Å². The summed E-state index contributed by atoms with van der Waals surface area (Å²) < 4.78 is 6.16. The lowest BCUT2D eigenvalue weighted by Gasteiger charge is -2.02. The van der Waals surface area contributed by atoms with Crippen molar-refractivity contribution in [3.8, 4) is 17.1 Å². The molecule has 0 aliphatic rings. The molecule has 1 heterocycles. The van der Waals surface area contributed by atoms with Gasteiger partial charge in [0.1, 0.15) is 5.75 Å². The van der Waals surface area contributed by atoms with Gasteiger partial charge in [-0.25, -0.2) is 0 Å². The number of carbonyl (C=O) groups is 1. The first-order valence-electron chi connectivity index (χ1n) is 6.75. The Morgan fingerprint density at radius 3 is 2.61 bits per heavy atom. The van der Waals surface area contributed by atoms with Gasteiger partial charge in [-0.1, -0.05) is 17.7 Å². The minimum Gasteiger partial charge on any atom is -0.497 e. The van der Waals surface area contributed by atoms with Gasteiger partial charge in [0.25, 0.3) is 5.91 Å². The first-order chi connectivity index (χ1) is 11.1. The molecule has 0 atom stereocenters. The quantitative estimate of drug-likeness (QED) is 0.799. The number of hydrogen-bond acceptors (Lipinski definition) is 5. The molecule has 0 saturated heterocycles. The van der Waals surface area contributed by atoms with E-state index in [0.29, 0.717) is 16.4 Å². The summed E-state index contributed by atoms with van der Waals surface area (Å²) in [6, 6.07) is 13.7. The fourth-order valence-corrected chi connectivity index (χ4v) is 2.27. The molecule has 1 aromatic heterocycles. The predicted octanol–water partition coefficient (Wildman–Crippen LogP) is 2.88. The van der Waals surface area contributed by atoms with E-state index in [4.69, 9.17) is 22.1 Å². The van der Waals surface area contributed by atoms with Crippen molar-refractivity contribution in [2.24, 2.45) is 0 Å². The monoisotopic (exact) mass is 328 g/mol. The molecule has 0 fully saturated rings. The zero-order chi connectivity index (χ0) is 16.4. The number of benzene rings is 2. The Hall–Kier alpha value is -2.86. The number of methoxy groups -OCH3 is 1. The maximum atomic E-state index is 12.5. The van der Waals surface area contributed by atoms with Crippen LogP contribution in [-0.4, -0.2) is 27.8 Å². The average molecular weight is 329 g/mol. The van der Waals surface area contributed by atoms with E-state index in [1.807, 2.05) is 0 Å². The van der Waals surface area contributed by atoms with Crippen LogP contribution >= 0.6 is 11.6 Å². The first-order valence-corrected chi connectivity index (χ1v) is 7.13. The molecule has 23 heavy (non-hydrogen) atoms. The van der Waals surface area contributed by atoms with Crippen LogP contribution in [0.25, 0.3) is 11.4 Å². The van der Waals surface area contributed by atoms with Gasteiger partial charge in [0, 0.05) is 16.1 Å². The molecule has 2 aromatic carbocycles. The van der Waals surface area contributed by atoms with E-state index in [1.54, 1.807) is 55.6 Å². The topological polar surface area (TPSA) is 83.0 Å². The minimum atomic E-state index is -0.391. The molecule has 0 saturated carbocycles. The van der Waals surface area contributed by atoms with Gasteiger partial charge >= 0.3 is 0 Å². The highest BCUT2D eigenvalue weighted by molar-refractivity contribution is 6.31. The van der Waals surface area contributed by atoms with Gasteiger partial charge in [0.15, 0.2) is 5.82 Å². The molecule has 0 amide bonds. The molecule has 116 valence electrons. The number of anilines is 1. The second-order valence-electron chi connectivity index (χ2n) is 4.75. The summed E-state index contributed by atoms with van der Waals surface area (Å²) in [5.41, 5.74) is 6.94. The Morgan fingerprint density at radius 2 is 1.96 bits per heavy atom. The Kier molecular flexibility index (Phi) is 3.99. The summed E-state index contributed by atoms with van der Waals surface area (Å²) in [7, 11) is 1.59. The summed E-state index contributed by atoms with van der Waals surface area (Å²) in [5.74, 6) is 0.703. The van der Waals surface area contributed by atoms with E-state index in [9.17, 15) is 4.79 Å². The Morgan fingerprint density at radius 1 is 1.22 bits per heavy atom. The van der Waals surface area contributed by atoms with E-state index in [-0.39, 0.29) is 5.95 Å². The van der Waals surface area contributed by atoms with Crippen molar-refractivity contribution in [3.05, 3.63) is 59.1 Å². The van der Waals surface area contributed by atoms with Gasteiger partial charge < -0.3 is 10.5 Å². The number of rotatable bonds is 3. The van der Waals surface area contributed by atoms with Gasteiger partial charge in [0.2, 0.25) is 5.95 Å². The maximum Gasteiger partial charge on any atom is 0.281 e. The van der Waals surface area contributed by atoms with Crippen molar-refractivity contribution >= 4 is 23.5 Å². The van der Waals surface area contributed by atoms with E-state index in [0.717, 1.165) is 16.0 Å². The highest BCUT2D eigenvalue weighted by Crippen LogP contribution is 2.21. The Bertz CT molecular complexity index is 859. The molecular weight excluding hydrogens is 316 g/mol. The van der Waals surface area contributed by atoms with Crippen molar-refractivity contribution in [1.82, 2.24) is 14.8 Å². The van der Waals surface area contributed by atoms with Crippen LogP contribution in [0.4, 0.5) is 5.95 Å². The van der Waals surface area contributed by atoms with Gasteiger partial charge in [-0.2, -0.15) is 9.67 Å². The Balaban J connectivity index is 1.95. The van der Waals surface area contributed by atoms with Crippen molar-refractivity contribution < 1.29 is 9.53 Å². The second-order valence-corrected chi connectivity index (χ2v) is 5.19. The average Bonchev–Trinajstić information content (AvgIpc) is 2.96. The third-order valence-electron chi connectivity index (χ3n) is 3.24. The minimum absolute atomic E-state index is 0.0146.